The third-order valence-electron chi connectivity index (χ3n) is 5.54. The van der Waals surface area contributed by atoms with E-state index in [1.165, 1.54) is 0 Å². The number of carbonyl (C=O) groups excluding carboxylic acids is 3. The molecule has 4 atom stereocenters. The highest BCUT2D eigenvalue weighted by Crippen LogP contribution is 2.63. The molecule has 118 valence electrons. The van der Waals surface area contributed by atoms with Crippen molar-refractivity contribution in [2.75, 3.05) is 19.6 Å². The van der Waals surface area contributed by atoms with Gasteiger partial charge in [-0.1, -0.05) is 0 Å². The maximum Gasteiger partial charge on any atom is 0.234 e. The van der Waals surface area contributed by atoms with Gasteiger partial charge in [-0.3, -0.25) is 0 Å². The lowest BCUT2D eigenvalue weighted by atomic mass is 9.64. The normalized spacial score (nSPS) is 31.9. The van der Waals surface area contributed by atoms with Gasteiger partial charge in [-0.2, -0.15) is 0 Å². The number of hydrogen-bond donors (Lipinski definition) is 0. The van der Waals surface area contributed by atoms with Crippen LogP contribution in [0.2, 0.25) is 0 Å². The fraction of sp³-hybridized carbons (Fsp3) is 0.812. The number of rotatable bonds is 9. The first-order chi connectivity index (χ1) is 10.8. The molecule has 0 aromatic rings. The second-order valence-corrected chi connectivity index (χ2v) is 6.44. The molecule has 0 aromatic carbocycles. The minimum absolute atomic E-state index is 0.141. The summed E-state index contributed by atoms with van der Waals surface area (Å²) in [4.78, 5) is 42.1. The van der Waals surface area contributed by atoms with Crippen LogP contribution in [0.3, 0.4) is 0 Å². The Balaban J connectivity index is 2.09. The number of fused-ring (bicyclic) bond motifs is 2. The number of hydrogen-bond acceptors (Lipinski definition) is 6. The van der Waals surface area contributed by atoms with Crippen molar-refractivity contribution in [3.8, 4) is 0 Å². The lowest BCUT2D eigenvalue weighted by molar-refractivity contribution is 0.0888. The van der Waals surface area contributed by atoms with Gasteiger partial charge in [-0.15, -0.1) is 0 Å². The number of nitrogens with zero attached hydrogens (tertiary/aromatic N) is 3. The van der Waals surface area contributed by atoms with E-state index >= 15 is 0 Å². The predicted molar refractivity (Wildman–Crippen MR) is 79.6 cm³/mol. The Morgan fingerprint density at radius 1 is 0.909 bits per heavy atom. The Hall–Kier alpha value is -1.86. The van der Waals surface area contributed by atoms with Crippen molar-refractivity contribution >= 4 is 18.2 Å². The van der Waals surface area contributed by atoms with Crippen LogP contribution < -0.4 is 0 Å². The molecule has 0 heterocycles. The summed E-state index contributed by atoms with van der Waals surface area (Å²) in [5.74, 6) is 1.56. The fourth-order valence-corrected chi connectivity index (χ4v) is 4.86. The van der Waals surface area contributed by atoms with Crippen LogP contribution in [0.25, 0.3) is 0 Å². The molecule has 0 aliphatic heterocycles. The fourth-order valence-electron chi connectivity index (χ4n) is 4.86. The van der Waals surface area contributed by atoms with Crippen molar-refractivity contribution in [2.24, 2.45) is 38.1 Å². The van der Waals surface area contributed by atoms with Crippen LogP contribution in [0, 0.1) is 23.2 Å². The quantitative estimate of drug-likeness (QED) is 0.371. The summed E-state index contributed by atoms with van der Waals surface area (Å²) in [5.41, 5.74) is 0.141. The summed E-state index contributed by atoms with van der Waals surface area (Å²) in [6.07, 6.45) is 10.9. The molecular weight excluding hydrogens is 282 g/mol. The second kappa shape index (κ2) is 7.95. The molecule has 0 radical (unpaired) electrons. The van der Waals surface area contributed by atoms with Crippen LogP contribution >= 0.6 is 0 Å². The van der Waals surface area contributed by atoms with E-state index in [1.54, 1.807) is 18.2 Å². The molecule has 2 rings (SSSR count). The zero-order valence-corrected chi connectivity index (χ0v) is 12.7. The highest BCUT2D eigenvalue weighted by molar-refractivity contribution is 5.33. The summed E-state index contributed by atoms with van der Waals surface area (Å²) in [7, 11) is 0. The lowest BCUT2D eigenvalue weighted by Crippen LogP contribution is -2.36. The Morgan fingerprint density at radius 2 is 1.59 bits per heavy atom. The summed E-state index contributed by atoms with van der Waals surface area (Å²) in [6.45, 7) is 1.54. The van der Waals surface area contributed by atoms with E-state index in [-0.39, 0.29) is 5.41 Å². The van der Waals surface area contributed by atoms with Crippen LogP contribution in [0.1, 0.15) is 38.5 Å². The van der Waals surface area contributed by atoms with Crippen LogP contribution in [0.5, 0.6) is 0 Å². The first kappa shape index (κ1) is 16.5. The van der Waals surface area contributed by atoms with Crippen molar-refractivity contribution < 1.29 is 14.4 Å². The summed E-state index contributed by atoms with van der Waals surface area (Å²) < 4.78 is 0. The number of aliphatic imine (C=N–C) groups is 3. The zero-order chi connectivity index (χ0) is 15.8. The van der Waals surface area contributed by atoms with Gasteiger partial charge in [0.1, 0.15) is 0 Å². The van der Waals surface area contributed by atoms with E-state index in [0.29, 0.717) is 37.4 Å². The SMILES string of the molecule is O=C=NCCCC12CC(CC1CCN=C=O)CC2CN=C=O. The van der Waals surface area contributed by atoms with E-state index in [0.717, 1.165) is 38.5 Å². The highest BCUT2D eigenvalue weighted by Gasteiger charge is 2.56. The van der Waals surface area contributed by atoms with Gasteiger partial charge in [0, 0.05) is 0 Å². The Bertz CT molecular complexity index is 531. The molecule has 2 aliphatic rings. The molecule has 2 saturated carbocycles. The Kier molecular flexibility index (Phi) is 5.97. The summed E-state index contributed by atoms with van der Waals surface area (Å²) in [6, 6.07) is 0. The van der Waals surface area contributed by atoms with Crippen molar-refractivity contribution in [2.45, 2.75) is 38.5 Å². The van der Waals surface area contributed by atoms with Gasteiger partial charge < -0.3 is 0 Å². The largest absolute Gasteiger partial charge is 0.234 e. The molecule has 0 saturated heterocycles. The maximum atomic E-state index is 10.5. The molecular formula is C16H21N3O3. The van der Waals surface area contributed by atoms with Crippen molar-refractivity contribution in [3.63, 3.8) is 0 Å². The monoisotopic (exact) mass is 303 g/mol. The van der Waals surface area contributed by atoms with Gasteiger partial charge in [0.05, 0.1) is 19.6 Å². The molecule has 4 unspecified atom stereocenters. The third kappa shape index (κ3) is 3.48. The molecule has 2 aliphatic carbocycles. The van der Waals surface area contributed by atoms with Gasteiger partial charge in [0.15, 0.2) is 0 Å². The van der Waals surface area contributed by atoms with Gasteiger partial charge in [-0.25, -0.2) is 29.4 Å². The van der Waals surface area contributed by atoms with Crippen molar-refractivity contribution in [1.29, 1.82) is 0 Å². The minimum atomic E-state index is 0.141. The zero-order valence-electron chi connectivity index (χ0n) is 12.7. The summed E-state index contributed by atoms with van der Waals surface area (Å²) in [5, 5.41) is 0. The van der Waals surface area contributed by atoms with Crippen LogP contribution in [-0.4, -0.2) is 37.9 Å². The number of isocyanates is 3. The molecule has 0 N–H and O–H groups in total. The van der Waals surface area contributed by atoms with Gasteiger partial charge in [-0.05, 0) is 61.7 Å². The molecule has 0 amide bonds. The third-order valence-corrected chi connectivity index (χ3v) is 5.54. The Morgan fingerprint density at radius 3 is 2.32 bits per heavy atom. The molecule has 6 heteroatoms. The average molecular weight is 303 g/mol. The molecule has 6 nitrogen and oxygen atoms in total. The standard InChI is InChI=1S/C16H21N3O3/c20-10-17-4-1-3-16-8-13(7-15(16)9-19-12-22)6-14(16)2-5-18-11-21/h13-15H,1-9H2. The molecule has 2 bridgehead atoms. The maximum absolute atomic E-state index is 10.5. The Labute approximate surface area is 129 Å². The van der Waals surface area contributed by atoms with Crippen molar-refractivity contribution in [1.82, 2.24) is 0 Å². The predicted octanol–water partition coefficient (Wildman–Crippen LogP) is 2.20. The van der Waals surface area contributed by atoms with Gasteiger partial charge >= 0.3 is 0 Å². The molecule has 0 aromatic heterocycles. The van der Waals surface area contributed by atoms with Crippen LogP contribution in [0.15, 0.2) is 15.0 Å². The smallest absolute Gasteiger partial charge is 0.211 e. The van der Waals surface area contributed by atoms with Crippen LogP contribution in [-0.2, 0) is 14.4 Å². The van der Waals surface area contributed by atoms with E-state index < -0.39 is 0 Å². The molecule has 0 spiro atoms. The second-order valence-electron chi connectivity index (χ2n) is 6.44. The van der Waals surface area contributed by atoms with E-state index in [4.69, 9.17) is 0 Å². The lowest BCUT2D eigenvalue weighted by Gasteiger charge is -2.41. The topological polar surface area (TPSA) is 88.3 Å². The van der Waals surface area contributed by atoms with E-state index in [1.807, 2.05) is 0 Å². The van der Waals surface area contributed by atoms with Gasteiger partial charge in [0.25, 0.3) is 0 Å². The summed E-state index contributed by atoms with van der Waals surface area (Å²) >= 11 is 0. The molecule has 22 heavy (non-hydrogen) atoms. The van der Waals surface area contributed by atoms with Crippen molar-refractivity contribution in [3.05, 3.63) is 0 Å². The minimum Gasteiger partial charge on any atom is -0.211 e. The van der Waals surface area contributed by atoms with E-state index in [2.05, 4.69) is 15.0 Å². The van der Waals surface area contributed by atoms with E-state index in [9.17, 15) is 14.4 Å². The van der Waals surface area contributed by atoms with Gasteiger partial charge in [0.2, 0.25) is 18.2 Å². The average Bonchev–Trinajstić information content (AvgIpc) is 3.04. The van der Waals surface area contributed by atoms with Crippen LogP contribution in [0.4, 0.5) is 0 Å². The first-order valence-electron chi connectivity index (χ1n) is 7.87. The molecule has 2 fully saturated rings. The first-order valence-corrected chi connectivity index (χ1v) is 7.87. The highest BCUT2D eigenvalue weighted by atomic mass is 16.1.